The number of halogens is 2. The molecule has 102 valence electrons. The van der Waals surface area contributed by atoms with E-state index in [4.69, 9.17) is 4.74 Å². The molecule has 0 saturated heterocycles. The lowest BCUT2D eigenvalue weighted by Gasteiger charge is -2.12. The van der Waals surface area contributed by atoms with E-state index in [0.29, 0.717) is 5.92 Å². The Morgan fingerprint density at radius 1 is 1.50 bits per heavy atom. The molecule has 0 bridgehead atoms. The third-order valence-corrected chi connectivity index (χ3v) is 5.75. The van der Waals surface area contributed by atoms with Crippen molar-refractivity contribution in [2.75, 3.05) is 26.8 Å². The van der Waals surface area contributed by atoms with Crippen molar-refractivity contribution in [3.63, 3.8) is 0 Å². The number of methoxy groups -OCH3 is 1. The van der Waals surface area contributed by atoms with E-state index >= 15 is 0 Å². The van der Waals surface area contributed by atoms with Crippen LogP contribution in [0.5, 0.6) is 0 Å². The van der Waals surface area contributed by atoms with E-state index < -0.39 is 0 Å². The van der Waals surface area contributed by atoms with Crippen LogP contribution in [-0.4, -0.2) is 26.8 Å². The van der Waals surface area contributed by atoms with Gasteiger partial charge in [-0.25, -0.2) is 0 Å². The molecule has 0 saturated carbocycles. The molecule has 0 atom stereocenters. The van der Waals surface area contributed by atoms with Crippen molar-refractivity contribution in [3.8, 4) is 0 Å². The summed E-state index contributed by atoms with van der Waals surface area (Å²) in [6, 6.07) is 2.15. The van der Waals surface area contributed by atoms with E-state index in [-0.39, 0.29) is 0 Å². The van der Waals surface area contributed by atoms with Gasteiger partial charge in [-0.1, -0.05) is 19.4 Å². The van der Waals surface area contributed by atoms with Crippen LogP contribution < -0.4 is 5.32 Å². The molecule has 0 aliphatic carbocycles. The molecule has 0 spiro atoms. The molecule has 5 heteroatoms. The second kappa shape index (κ2) is 8.48. The summed E-state index contributed by atoms with van der Waals surface area (Å²) in [6.07, 6.45) is 2.27. The number of thiophene rings is 1. The Morgan fingerprint density at radius 3 is 2.72 bits per heavy atom. The van der Waals surface area contributed by atoms with Crippen molar-refractivity contribution in [2.24, 2.45) is 5.92 Å². The highest BCUT2D eigenvalue weighted by molar-refractivity contribution is 9.13. The van der Waals surface area contributed by atoms with Crippen molar-refractivity contribution in [1.82, 2.24) is 5.32 Å². The Bertz CT molecular complexity index is 382. The second-order valence-corrected chi connectivity index (χ2v) is 7.57. The minimum Gasteiger partial charge on any atom is -0.383 e. The average molecular weight is 397 g/mol. The van der Waals surface area contributed by atoms with Crippen LogP contribution in [0.25, 0.3) is 6.08 Å². The van der Waals surface area contributed by atoms with Crippen molar-refractivity contribution in [2.45, 2.75) is 13.8 Å². The molecule has 0 aliphatic rings. The summed E-state index contributed by atoms with van der Waals surface area (Å²) < 4.78 is 7.29. The van der Waals surface area contributed by atoms with Gasteiger partial charge >= 0.3 is 0 Å². The first-order chi connectivity index (χ1) is 8.54. The van der Waals surface area contributed by atoms with Crippen molar-refractivity contribution < 1.29 is 4.74 Å². The molecular weight excluding hydrogens is 378 g/mol. The average Bonchev–Trinajstić information content (AvgIpc) is 2.62. The van der Waals surface area contributed by atoms with E-state index in [9.17, 15) is 0 Å². The SMILES string of the molecule is COCCNCC(=Cc1cc(Br)c(Br)s1)C(C)C. The predicted octanol–water partition coefficient (Wildman–Crippen LogP) is 4.55. The highest BCUT2D eigenvalue weighted by Crippen LogP contribution is 2.33. The molecule has 1 rings (SSSR count). The minimum absolute atomic E-state index is 0.541. The van der Waals surface area contributed by atoms with Gasteiger partial charge in [0.25, 0.3) is 0 Å². The van der Waals surface area contributed by atoms with Gasteiger partial charge in [-0.2, -0.15) is 0 Å². The van der Waals surface area contributed by atoms with E-state index in [2.05, 4.69) is 63.2 Å². The van der Waals surface area contributed by atoms with Crippen LogP contribution in [0.1, 0.15) is 18.7 Å². The summed E-state index contributed by atoms with van der Waals surface area (Å²) in [7, 11) is 1.72. The highest BCUT2D eigenvalue weighted by Gasteiger charge is 2.06. The van der Waals surface area contributed by atoms with Gasteiger partial charge in [0.2, 0.25) is 0 Å². The van der Waals surface area contributed by atoms with Gasteiger partial charge in [-0.05, 0) is 49.9 Å². The normalized spacial score (nSPS) is 12.4. The molecule has 2 nitrogen and oxygen atoms in total. The number of hydrogen-bond acceptors (Lipinski definition) is 3. The molecule has 0 aliphatic heterocycles. The molecule has 0 fully saturated rings. The number of rotatable bonds is 7. The topological polar surface area (TPSA) is 21.3 Å². The Labute approximate surface area is 130 Å². The Hall–Kier alpha value is 0.320. The molecule has 0 unspecified atom stereocenters. The Balaban J connectivity index is 2.66. The lowest BCUT2D eigenvalue weighted by Crippen LogP contribution is -2.23. The first-order valence-electron chi connectivity index (χ1n) is 5.89. The van der Waals surface area contributed by atoms with Gasteiger partial charge in [0.05, 0.1) is 10.4 Å². The largest absolute Gasteiger partial charge is 0.383 e. The number of nitrogens with one attached hydrogen (secondary N) is 1. The monoisotopic (exact) mass is 395 g/mol. The maximum absolute atomic E-state index is 5.03. The number of ether oxygens (including phenoxy) is 1. The maximum atomic E-state index is 5.03. The van der Waals surface area contributed by atoms with Gasteiger partial charge in [-0.3, -0.25) is 0 Å². The molecule has 1 N–H and O–H groups in total. The van der Waals surface area contributed by atoms with Gasteiger partial charge in [0, 0.05) is 29.5 Å². The molecule has 18 heavy (non-hydrogen) atoms. The molecule has 0 aromatic carbocycles. The summed E-state index contributed by atoms with van der Waals surface area (Å²) in [4.78, 5) is 1.27. The van der Waals surface area contributed by atoms with Gasteiger partial charge in [0.15, 0.2) is 0 Å². The molecule has 1 heterocycles. The van der Waals surface area contributed by atoms with Crippen LogP contribution in [0.3, 0.4) is 0 Å². The van der Waals surface area contributed by atoms with Crippen LogP contribution in [0, 0.1) is 5.92 Å². The van der Waals surface area contributed by atoms with Gasteiger partial charge in [-0.15, -0.1) is 11.3 Å². The van der Waals surface area contributed by atoms with Crippen LogP contribution in [-0.2, 0) is 4.74 Å². The van der Waals surface area contributed by atoms with E-state index in [1.165, 1.54) is 10.5 Å². The third-order valence-electron chi connectivity index (χ3n) is 2.55. The predicted molar refractivity (Wildman–Crippen MR) is 87.3 cm³/mol. The quantitative estimate of drug-likeness (QED) is 0.682. The Kier molecular flexibility index (Phi) is 7.72. The summed E-state index contributed by atoms with van der Waals surface area (Å²) in [5.41, 5.74) is 1.41. The standard InChI is InChI=1S/C13H19Br2NOS/c1-9(2)10(8-16-4-5-17-3)6-11-7-12(14)13(15)18-11/h6-7,9,16H,4-5,8H2,1-3H3. The summed E-state index contributed by atoms with van der Waals surface area (Å²) >= 11 is 8.79. The summed E-state index contributed by atoms with van der Waals surface area (Å²) in [5, 5.41) is 3.40. The third kappa shape index (κ3) is 5.53. The molecule has 1 aromatic rings. The zero-order chi connectivity index (χ0) is 13.5. The van der Waals surface area contributed by atoms with Crippen molar-refractivity contribution >= 4 is 49.3 Å². The van der Waals surface area contributed by atoms with E-state index in [1.54, 1.807) is 18.4 Å². The summed E-state index contributed by atoms with van der Waals surface area (Å²) in [5.74, 6) is 0.541. The maximum Gasteiger partial charge on any atom is 0.0846 e. The van der Waals surface area contributed by atoms with Crippen molar-refractivity contribution in [3.05, 3.63) is 24.8 Å². The number of hydrogen-bond donors (Lipinski definition) is 1. The van der Waals surface area contributed by atoms with Crippen LogP contribution in [0.15, 0.2) is 19.9 Å². The zero-order valence-corrected chi connectivity index (χ0v) is 14.9. The molecule has 0 amide bonds. The first-order valence-corrected chi connectivity index (χ1v) is 8.29. The fraction of sp³-hybridized carbons (Fsp3) is 0.538. The van der Waals surface area contributed by atoms with Crippen molar-refractivity contribution in [1.29, 1.82) is 0 Å². The van der Waals surface area contributed by atoms with Crippen LogP contribution in [0.2, 0.25) is 0 Å². The van der Waals surface area contributed by atoms with Gasteiger partial charge < -0.3 is 10.1 Å². The highest BCUT2D eigenvalue weighted by atomic mass is 79.9. The fourth-order valence-corrected chi connectivity index (χ4v) is 3.51. The molecule has 0 radical (unpaired) electrons. The second-order valence-electron chi connectivity index (χ2n) is 4.31. The first kappa shape index (κ1) is 16.4. The van der Waals surface area contributed by atoms with Crippen LogP contribution in [0.4, 0.5) is 0 Å². The molecule has 1 aromatic heterocycles. The van der Waals surface area contributed by atoms with Crippen LogP contribution >= 0.6 is 43.2 Å². The lowest BCUT2D eigenvalue weighted by molar-refractivity contribution is 0.200. The fourth-order valence-electron chi connectivity index (χ4n) is 1.45. The zero-order valence-electron chi connectivity index (χ0n) is 10.9. The van der Waals surface area contributed by atoms with E-state index in [1.807, 2.05) is 0 Å². The minimum atomic E-state index is 0.541. The smallest absolute Gasteiger partial charge is 0.0846 e. The summed E-state index contributed by atoms with van der Waals surface area (Å²) in [6.45, 7) is 7.00. The van der Waals surface area contributed by atoms with E-state index in [0.717, 1.165) is 28.0 Å². The lowest BCUT2D eigenvalue weighted by atomic mass is 10.0. The molecular formula is C13H19Br2NOS. The van der Waals surface area contributed by atoms with Gasteiger partial charge in [0.1, 0.15) is 0 Å². The Morgan fingerprint density at radius 2 is 2.22 bits per heavy atom.